The molecule has 4 nitrogen and oxygen atoms in total. The molecule has 2 rings (SSSR count). The zero-order valence-electron chi connectivity index (χ0n) is 13.5. The molecule has 4 heteroatoms. The highest BCUT2D eigenvalue weighted by molar-refractivity contribution is 5.90. The molecule has 2 N–H and O–H groups in total. The zero-order valence-corrected chi connectivity index (χ0v) is 13.5. The Bertz CT molecular complexity index is 664. The molecule has 1 heterocycles. The highest BCUT2D eigenvalue weighted by atomic mass is 16.5. The Morgan fingerprint density at radius 3 is 2.57 bits per heavy atom. The van der Waals surface area contributed by atoms with Gasteiger partial charge in [0.25, 0.3) is 0 Å². The molecule has 0 amide bonds. The Balaban J connectivity index is 2.20. The molecule has 2 aromatic rings. The maximum Gasteiger partial charge on any atom is 0.331 e. The summed E-state index contributed by atoms with van der Waals surface area (Å²) in [4.78, 5) is 15.7. The molecule has 0 fully saturated rings. The summed E-state index contributed by atoms with van der Waals surface area (Å²) >= 11 is 0. The Morgan fingerprint density at radius 2 is 2.00 bits per heavy atom. The van der Waals surface area contributed by atoms with E-state index < -0.39 is 0 Å². The summed E-state index contributed by atoms with van der Waals surface area (Å²) in [6.45, 7) is 4.59. The first kappa shape index (κ1) is 16.9. The summed E-state index contributed by atoms with van der Waals surface area (Å²) in [5, 5.41) is 0. The van der Waals surface area contributed by atoms with Crippen molar-refractivity contribution in [2.45, 2.75) is 19.8 Å². The maximum absolute atomic E-state index is 11.5. The quantitative estimate of drug-likeness (QED) is 0.657. The van der Waals surface area contributed by atoms with Crippen LogP contribution in [0.4, 0.5) is 0 Å². The number of carbonyl (C=O) groups excluding carboxylic acids is 1. The Hall–Kier alpha value is -2.46. The second-order valence-electron chi connectivity index (χ2n) is 5.28. The van der Waals surface area contributed by atoms with Gasteiger partial charge in [-0.25, -0.2) is 4.79 Å². The SMILES string of the molecule is CCOC(=O)C=C(C)c1ccc(C(CN)c2cccnc2)cc1. The summed E-state index contributed by atoms with van der Waals surface area (Å²) in [5.41, 5.74) is 10.0. The average Bonchev–Trinajstić information content (AvgIpc) is 2.57. The number of esters is 1. The van der Waals surface area contributed by atoms with Crippen LogP contribution in [-0.4, -0.2) is 24.1 Å². The summed E-state index contributed by atoms with van der Waals surface area (Å²) in [6, 6.07) is 12.0. The van der Waals surface area contributed by atoms with E-state index in [1.165, 1.54) is 6.08 Å². The van der Waals surface area contributed by atoms with E-state index in [9.17, 15) is 4.79 Å². The van der Waals surface area contributed by atoms with Crippen LogP contribution >= 0.6 is 0 Å². The minimum Gasteiger partial charge on any atom is -0.463 e. The molecule has 0 bridgehead atoms. The first-order chi connectivity index (χ1) is 11.2. The normalized spacial score (nSPS) is 12.7. The second-order valence-corrected chi connectivity index (χ2v) is 5.28. The van der Waals surface area contributed by atoms with Crippen LogP contribution in [0.25, 0.3) is 5.57 Å². The van der Waals surface area contributed by atoms with Gasteiger partial charge in [-0.1, -0.05) is 30.3 Å². The van der Waals surface area contributed by atoms with Gasteiger partial charge in [0, 0.05) is 30.9 Å². The molecule has 1 aromatic heterocycles. The van der Waals surface area contributed by atoms with Gasteiger partial charge in [-0.15, -0.1) is 0 Å². The molecular weight excluding hydrogens is 288 g/mol. The molecule has 1 aromatic carbocycles. The van der Waals surface area contributed by atoms with E-state index in [0.29, 0.717) is 13.2 Å². The highest BCUT2D eigenvalue weighted by Gasteiger charge is 2.12. The molecule has 120 valence electrons. The van der Waals surface area contributed by atoms with Crippen LogP contribution in [0, 0.1) is 0 Å². The van der Waals surface area contributed by atoms with Gasteiger partial charge in [-0.05, 0) is 42.2 Å². The third-order valence-corrected chi connectivity index (χ3v) is 3.71. The lowest BCUT2D eigenvalue weighted by molar-refractivity contribution is -0.137. The number of hydrogen-bond donors (Lipinski definition) is 1. The number of benzene rings is 1. The topological polar surface area (TPSA) is 65.2 Å². The average molecular weight is 310 g/mol. The van der Waals surface area contributed by atoms with Crippen molar-refractivity contribution in [3.8, 4) is 0 Å². The number of carbonyl (C=O) groups is 1. The smallest absolute Gasteiger partial charge is 0.331 e. The van der Waals surface area contributed by atoms with Crippen molar-refractivity contribution in [2.24, 2.45) is 5.73 Å². The molecule has 23 heavy (non-hydrogen) atoms. The number of pyridine rings is 1. The van der Waals surface area contributed by atoms with Crippen LogP contribution in [0.15, 0.2) is 54.9 Å². The maximum atomic E-state index is 11.5. The minimum absolute atomic E-state index is 0.118. The van der Waals surface area contributed by atoms with E-state index in [1.54, 1.807) is 13.1 Å². The van der Waals surface area contributed by atoms with Gasteiger partial charge in [0.15, 0.2) is 0 Å². The van der Waals surface area contributed by atoms with E-state index in [2.05, 4.69) is 4.98 Å². The molecule has 1 unspecified atom stereocenters. The number of allylic oxidation sites excluding steroid dienone is 1. The standard InChI is InChI=1S/C19H22N2O2/c1-3-23-19(22)11-14(2)15-6-8-16(9-7-15)18(12-20)17-5-4-10-21-13-17/h4-11,13,18H,3,12,20H2,1-2H3. The van der Waals surface area contributed by atoms with Crippen LogP contribution in [0.2, 0.25) is 0 Å². The van der Waals surface area contributed by atoms with Gasteiger partial charge in [-0.2, -0.15) is 0 Å². The summed E-state index contributed by atoms with van der Waals surface area (Å²) < 4.78 is 4.93. The largest absolute Gasteiger partial charge is 0.463 e. The predicted octanol–water partition coefficient (Wildman–Crippen LogP) is 3.14. The first-order valence-electron chi connectivity index (χ1n) is 7.71. The Labute approximate surface area is 137 Å². The number of nitrogens with zero attached hydrogens (tertiary/aromatic N) is 1. The summed E-state index contributed by atoms with van der Waals surface area (Å²) in [7, 11) is 0. The van der Waals surface area contributed by atoms with E-state index >= 15 is 0 Å². The molecule has 0 spiro atoms. The van der Waals surface area contributed by atoms with Crippen molar-refractivity contribution in [1.29, 1.82) is 0 Å². The van der Waals surface area contributed by atoms with Crippen molar-refractivity contribution in [3.63, 3.8) is 0 Å². The van der Waals surface area contributed by atoms with E-state index in [0.717, 1.165) is 22.3 Å². The van der Waals surface area contributed by atoms with Crippen LogP contribution in [0.1, 0.15) is 36.5 Å². The Morgan fingerprint density at radius 1 is 1.26 bits per heavy atom. The molecule has 0 aliphatic carbocycles. The van der Waals surface area contributed by atoms with Gasteiger partial charge < -0.3 is 10.5 Å². The van der Waals surface area contributed by atoms with E-state index in [4.69, 9.17) is 10.5 Å². The zero-order chi connectivity index (χ0) is 16.7. The number of aromatic nitrogens is 1. The van der Waals surface area contributed by atoms with Crippen molar-refractivity contribution in [3.05, 3.63) is 71.6 Å². The Kier molecular flexibility index (Phi) is 6.06. The molecule has 0 aliphatic rings. The number of ether oxygens (including phenoxy) is 1. The fourth-order valence-corrected chi connectivity index (χ4v) is 2.47. The lowest BCUT2D eigenvalue weighted by Crippen LogP contribution is -2.14. The number of rotatable bonds is 6. The lowest BCUT2D eigenvalue weighted by Gasteiger charge is -2.16. The number of nitrogens with two attached hydrogens (primary N) is 1. The molecule has 0 saturated heterocycles. The van der Waals surface area contributed by atoms with E-state index in [-0.39, 0.29) is 11.9 Å². The predicted molar refractivity (Wildman–Crippen MR) is 91.9 cm³/mol. The first-order valence-corrected chi connectivity index (χ1v) is 7.71. The second kappa shape index (κ2) is 8.25. The van der Waals surface area contributed by atoms with Crippen LogP contribution in [0.5, 0.6) is 0 Å². The highest BCUT2D eigenvalue weighted by Crippen LogP contribution is 2.24. The summed E-state index contributed by atoms with van der Waals surface area (Å²) in [5.74, 6) is -0.198. The van der Waals surface area contributed by atoms with Crippen molar-refractivity contribution >= 4 is 11.5 Å². The van der Waals surface area contributed by atoms with Crippen LogP contribution in [0.3, 0.4) is 0 Å². The molecular formula is C19H22N2O2. The van der Waals surface area contributed by atoms with Gasteiger partial charge in [0.2, 0.25) is 0 Å². The van der Waals surface area contributed by atoms with Gasteiger partial charge in [0.1, 0.15) is 0 Å². The third kappa shape index (κ3) is 4.50. The van der Waals surface area contributed by atoms with Crippen LogP contribution in [-0.2, 0) is 9.53 Å². The molecule has 0 aliphatic heterocycles. The third-order valence-electron chi connectivity index (χ3n) is 3.71. The van der Waals surface area contributed by atoms with Crippen LogP contribution < -0.4 is 5.73 Å². The van der Waals surface area contributed by atoms with E-state index in [1.807, 2.05) is 49.5 Å². The summed E-state index contributed by atoms with van der Waals surface area (Å²) in [6.07, 6.45) is 5.11. The monoisotopic (exact) mass is 310 g/mol. The lowest BCUT2D eigenvalue weighted by atomic mass is 9.91. The van der Waals surface area contributed by atoms with Gasteiger partial charge in [0.05, 0.1) is 6.61 Å². The van der Waals surface area contributed by atoms with Crippen molar-refractivity contribution in [1.82, 2.24) is 4.98 Å². The van der Waals surface area contributed by atoms with Gasteiger partial charge >= 0.3 is 5.97 Å². The molecule has 0 radical (unpaired) electrons. The van der Waals surface area contributed by atoms with Crippen molar-refractivity contribution in [2.75, 3.05) is 13.2 Å². The van der Waals surface area contributed by atoms with Gasteiger partial charge in [-0.3, -0.25) is 4.98 Å². The fraction of sp³-hybridized carbons (Fsp3) is 0.263. The molecule has 1 atom stereocenters. The fourth-order valence-electron chi connectivity index (χ4n) is 2.47. The van der Waals surface area contributed by atoms with Crippen molar-refractivity contribution < 1.29 is 9.53 Å². The molecule has 0 saturated carbocycles. The number of hydrogen-bond acceptors (Lipinski definition) is 4. The minimum atomic E-state index is -0.315.